The number of carbonyl (C=O) groups is 1. The molecular formula is C15H20FNO3S. The number of ether oxygens (including phenoxy) is 1. The van der Waals surface area contributed by atoms with Crippen molar-refractivity contribution in [3.8, 4) is 0 Å². The maximum absolute atomic E-state index is 13.5. The minimum absolute atomic E-state index is 0.0891. The van der Waals surface area contributed by atoms with Gasteiger partial charge in [0.2, 0.25) is 0 Å². The summed E-state index contributed by atoms with van der Waals surface area (Å²) < 4.78 is 18.8. The molecule has 0 saturated carbocycles. The molecule has 2 atom stereocenters. The number of carboxylic acid groups (broad SMARTS) is 1. The van der Waals surface area contributed by atoms with Crippen molar-refractivity contribution in [3.05, 3.63) is 30.1 Å². The summed E-state index contributed by atoms with van der Waals surface area (Å²) in [7, 11) is 0. The Hall–Kier alpha value is -1.11. The molecule has 0 aromatic heterocycles. The molecule has 21 heavy (non-hydrogen) atoms. The van der Waals surface area contributed by atoms with Crippen molar-refractivity contribution in [2.75, 3.05) is 32.1 Å². The van der Waals surface area contributed by atoms with Crippen LogP contribution < -0.4 is 0 Å². The predicted molar refractivity (Wildman–Crippen MR) is 80.1 cm³/mol. The highest BCUT2D eigenvalue weighted by atomic mass is 32.2. The fraction of sp³-hybridized carbons (Fsp3) is 0.533. The van der Waals surface area contributed by atoms with Crippen molar-refractivity contribution < 1.29 is 19.0 Å². The molecule has 2 rings (SSSR count). The van der Waals surface area contributed by atoms with Gasteiger partial charge in [0.1, 0.15) is 5.82 Å². The largest absolute Gasteiger partial charge is 0.481 e. The van der Waals surface area contributed by atoms with E-state index in [-0.39, 0.29) is 18.5 Å². The van der Waals surface area contributed by atoms with Gasteiger partial charge in [0.15, 0.2) is 0 Å². The number of halogens is 1. The first-order valence-corrected chi connectivity index (χ1v) is 8.04. The van der Waals surface area contributed by atoms with E-state index in [2.05, 4.69) is 4.90 Å². The third-order valence-electron chi connectivity index (χ3n) is 3.72. The maximum Gasteiger partial charge on any atom is 0.310 e. The second-order valence-corrected chi connectivity index (χ2v) is 6.09. The lowest BCUT2D eigenvalue weighted by atomic mass is 10.0. The Labute approximate surface area is 128 Å². The van der Waals surface area contributed by atoms with Crippen molar-refractivity contribution in [2.24, 2.45) is 5.92 Å². The molecule has 1 N–H and O–H groups in total. The standard InChI is InChI=1S/C15H20FNO3S/c1-2-17(13-10-20-9-11(13)15(18)19)7-8-21-14-6-4-3-5-12(14)16/h3-6,11,13H,2,7-10H2,1H3,(H,18,19). The van der Waals surface area contributed by atoms with Gasteiger partial charge in [0.25, 0.3) is 0 Å². The number of aliphatic carboxylic acids is 1. The lowest BCUT2D eigenvalue weighted by Gasteiger charge is -2.28. The molecule has 1 aliphatic rings. The van der Waals surface area contributed by atoms with Crippen molar-refractivity contribution in [1.29, 1.82) is 0 Å². The summed E-state index contributed by atoms with van der Waals surface area (Å²) in [5.74, 6) is -0.767. The fourth-order valence-corrected chi connectivity index (χ4v) is 3.46. The van der Waals surface area contributed by atoms with Gasteiger partial charge >= 0.3 is 5.97 Å². The Bertz CT molecular complexity index is 486. The van der Waals surface area contributed by atoms with E-state index < -0.39 is 11.9 Å². The molecule has 1 saturated heterocycles. The average molecular weight is 313 g/mol. The van der Waals surface area contributed by atoms with Crippen LogP contribution in [0.4, 0.5) is 4.39 Å². The fourth-order valence-electron chi connectivity index (χ4n) is 2.53. The Balaban J connectivity index is 1.88. The zero-order valence-corrected chi connectivity index (χ0v) is 12.8. The Morgan fingerprint density at radius 2 is 2.24 bits per heavy atom. The summed E-state index contributed by atoms with van der Waals surface area (Å²) in [6, 6.07) is 6.60. The van der Waals surface area contributed by atoms with Gasteiger partial charge in [0.05, 0.1) is 19.1 Å². The first kappa shape index (κ1) is 16.3. The van der Waals surface area contributed by atoms with E-state index in [9.17, 15) is 14.3 Å². The molecule has 116 valence electrons. The van der Waals surface area contributed by atoms with Gasteiger partial charge in [0, 0.05) is 23.2 Å². The van der Waals surface area contributed by atoms with Gasteiger partial charge in [-0.3, -0.25) is 9.69 Å². The van der Waals surface area contributed by atoms with Gasteiger partial charge in [-0.05, 0) is 18.7 Å². The molecule has 0 aliphatic carbocycles. The molecule has 0 radical (unpaired) electrons. The van der Waals surface area contributed by atoms with E-state index in [1.54, 1.807) is 12.1 Å². The van der Waals surface area contributed by atoms with E-state index in [0.717, 1.165) is 12.3 Å². The van der Waals surface area contributed by atoms with Crippen LogP contribution in [0.5, 0.6) is 0 Å². The summed E-state index contributed by atoms with van der Waals surface area (Å²) in [6.07, 6.45) is 0. The summed E-state index contributed by atoms with van der Waals surface area (Å²) in [5, 5.41) is 9.21. The Morgan fingerprint density at radius 1 is 1.48 bits per heavy atom. The van der Waals surface area contributed by atoms with Crippen LogP contribution in [-0.4, -0.2) is 54.1 Å². The van der Waals surface area contributed by atoms with E-state index >= 15 is 0 Å². The quantitative estimate of drug-likeness (QED) is 0.783. The van der Waals surface area contributed by atoms with Crippen LogP contribution in [0.1, 0.15) is 6.92 Å². The van der Waals surface area contributed by atoms with Crippen LogP contribution in [0.2, 0.25) is 0 Å². The van der Waals surface area contributed by atoms with Crippen LogP contribution in [0, 0.1) is 11.7 Å². The SMILES string of the molecule is CCN(CCSc1ccccc1F)C1COCC1C(=O)O. The molecule has 1 aliphatic heterocycles. The van der Waals surface area contributed by atoms with Crippen LogP contribution in [0.15, 0.2) is 29.2 Å². The Kier molecular flexibility index (Phi) is 6.02. The molecule has 2 unspecified atom stereocenters. The Morgan fingerprint density at radius 3 is 2.90 bits per heavy atom. The molecule has 1 heterocycles. The number of benzene rings is 1. The predicted octanol–water partition coefficient (Wildman–Crippen LogP) is 2.34. The number of likely N-dealkylation sites (N-methyl/N-ethyl adjacent to an activating group) is 1. The van der Waals surface area contributed by atoms with Crippen molar-refractivity contribution in [3.63, 3.8) is 0 Å². The number of thioether (sulfide) groups is 1. The van der Waals surface area contributed by atoms with Crippen molar-refractivity contribution in [1.82, 2.24) is 4.90 Å². The number of hydrogen-bond acceptors (Lipinski definition) is 4. The summed E-state index contributed by atoms with van der Waals surface area (Å²) >= 11 is 1.45. The molecule has 6 heteroatoms. The van der Waals surface area contributed by atoms with E-state index in [1.807, 2.05) is 13.0 Å². The number of carboxylic acids is 1. The van der Waals surface area contributed by atoms with Gasteiger partial charge in [-0.15, -0.1) is 11.8 Å². The second kappa shape index (κ2) is 7.77. The highest BCUT2D eigenvalue weighted by Crippen LogP contribution is 2.24. The topological polar surface area (TPSA) is 49.8 Å². The van der Waals surface area contributed by atoms with Crippen molar-refractivity contribution >= 4 is 17.7 Å². The summed E-state index contributed by atoms with van der Waals surface area (Å²) in [5.41, 5.74) is 0. The van der Waals surface area contributed by atoms with Gasteiger partial charge in [-0.2, -0.15) is 0 Å². The third kappa shape index (κ3) is 4.18. The first-order valence-electron chi connectivity index (χ1n) is 7.05. The zero-order valence-electron chi connectivity index (χ0n) is 12.0. The van der Waals surface area contributed by atoms with Gasteiger partial charge in [-0.25, -0.2) is 4.39 Å². The van der Waals surface area contributed by atoms with Crippen LogP contribution in [-0.2, 0) is 9.53 Å². The lowest BCUT2D eigenvalue weighted by Crippen LogP contribution is -2.44. The van der Waals surface area contributed by atoms with Crippen molar-refractivity contribution in [2.45, 2.75) is 17.9 Å². The minimum Gasteiger partial charge on any atom is -0.481 e. The zero-order chi connectivity index (χ0) is 15.2. The number of nitrogens with zero attached hydrogens (tertiary/aromatic N) is 1. The van der Waals surface area contributed by atoms with Gasteiger partial charge < -0.3 is 9.84 Å². The van der Waals surface area contributed by atoms with E-state index in [0.29, 0.717) is 18.0 Å². The van der Waals surface area contributed by atoms with Gasteiger partial charge in [-0.1, -0.05) is 19.1 Å². The highest BCUT2D eigenvalue weighted by Gasteiger charge is 2.37. The second-order valence-electron chi connectivity index (χ2n) is 4.96. The molecule has 0 bridgehead atoms. The average Bonchev–Trinajstić information content (AvgIpc) is 2.95. The monoisotopic (exact) mass is 313 g/mol. The molecule has 1 fully saturated rings. The number of rotatable bonds is 7. The smallest absolute Gasteiger partial charge is 0.310 e. The number of hydrogen-bond donors (Lipinski definition) is 1. The lowest BCUT2D eigenvalue weighted by molar-refractivity contribution is -0.143. The molecule has 1 aromatic carbocycles. The third-order valence-corrected chi connectivity index (χ3v) is 4.74. The normalized spacial score (nSPS) is 21.9. The first-order chi connectivity index (χ1) is 10.1. The molecule has 4 nitrogen and oxygen atoms in total. The highest BCUT2D eigenvalue weighted by molar-refractivity contribution is 7.99. The molecule has 0 spiro atoms. The molecular weight excluding hydrogens is 293 g/mol. The minimum atomic E-state index is -0.808. The molecule has 0 amide bonds. The van der Waals surface area contributed by atoms with E-state index in [1.165, 1.54) is 17.8 Å². The summed E-state index contributed by atoms with van der Waals surface area (Å²) in [4.78, 5) is 14.0. The van der Waals surface area contributed by atoms with Crippen LogP contribution in [0.3, 0.4) is 0 Å². The van der Waals surface area contributed by atoms with Crippen LogP contribution >= 0.6 is 11.8 Å². The molecule has 1 aromatic rings. The van der Waals surface area contributed by atoms with E-state index in [4.69, 9.17) is 4.74 Å². The maximum atomic E-state index is 13.5. The summed E-state index contributed by atoms with van der Waals surface area (Å²) in [6.45, 7) is 4.21. The van der Waals surface area contributed by atoms with Crippen LogP contribution in [0.25, 0.3) is 0 Å².